The molecule has 0 aliphatic carbocycles. The fraction of sp³-hybridized carbons (Fsp3) is 0.462. The summed E-state index contributed by atoms with van der Waals surface area (Å²) in [6.45, 7) is 4.51. The highest BCUT2D eigenvalue weighted by molar-refractivity contribution is 6.42. The van der Waals surface area contributed by atoms with Crippen molar-refractivity contribution in [2.75, 3.05) is 6.54 Å². The van der Waals surface area contributed by atoms with E-state index < -0.39 is 0 Å². The van der Waals surface area contributed by atoms with Crippen LogP contribution >= 0.6 is 23.2 Å². The Morgan fingerprint density at radius 1 is 1.41 bits per heavy atom. The number of carbonyl (C=O) groups is 1. The van der Waals surface area contributed by atoms with Crippen molar-refractivity contribution < 1.29 is 4.79 Å². The van der Waals surface area contributed by atoms with Gasteiger partial charge >= 0.3 is 0 Å². The molecule has 0 fully saturated rings. The van der Waals surface area contributed by atoms with Gasteiger partial charge in [-0.1, -0.05) is 42.3 Å². The summed E-state index contributed by atoms with van der Waals surface area (Å²) in [5.74, 6) is 0.120. The van der Waals surface area contributed by atoms with Gasteiger partial charge in [0.1, 0.15) is 0 Å². The van der Waals surface area contributed by atoms with E-state index in [1.165, 1.54) is 0 Å². The van der Waals surface area contributed by atoms with Crippen LogP contribution in [0.5, 0.6) is 0 Å². The van der Waals surface area contributed by atoms with E-state index in [0.29, 0.717) is 29.1 Å². The first-order chi connectivity index (χ1) is 8.04. The second kappa shape index (κ2) is 7.00. The normalized spacial score (nSPS) is 12.5. The molecule has 0 aliphatic heterocycles. The van der Waals surface area contributed by atoms with Gasteiger partial charge in [-0.3, -0.25) is 4.79 Å². The van der Waals surface area contributed by atoms with Crippen LogP contribution in [0.3, 0.4) is 0 Å². The molecule has 17 heavy (non-hydrogen) atoms. The van der Waals surface area contributed by atoms with E-state index in [4.69, 9.17) is 23.2 Å². The molecule has 0 radical (unpaired) electrons. The van der Waals surface area contributed by atoms with E-state index in [1.54, 1.807) is 12.1 Å². The molecular formula is C13H17Cl2NO. The fourth-order valence-corrected chi connectivity index (χ4v) is 1.78. The SMILES string of the molecule is CCC(C)NCC(=O)Cc1cccc(Cl)c1Cl. The predicted octanol–water partition coefficient (Wildman–Crippen LogP) is 3.49. The van der Waals surface area contributed by atoms with Crippen molar-refractivity contribution in [3.63, 3.8) is 0 Å². The predicted molar refractivity (Wildman–Crippen MR) is 72.9 cm³/mol. The summed E-state index contributed by atoms with van der Waals surface area (Å²) in [5.41, 5.74) is 0.787. The van der Waals surface area contributed by atoms with Crippen molar-refractivity contribution in [3.8, 4) is 0 Å². The van der Waals surface area contributed by atoms with Gasteiger partial charge in [0.2, 0.25) is 0 Å². The minimum absolute atomic E-state index is 0.120. The summed E-state index contributed by atoms with van der Waals surface area (Å²) < 4.78 is 0. The molecule has 0 bridgehead atoms. The third-order valence-electron chi connectivity index (χ3n) is 2.68. The summed E-state index contributed by atoms with van der Waals surface area (Å²) in [4.78, 5) is 11.7. The van der Waals surface area contributed by atoms with Gasteiger partial charge in [0.25, 0.3) is 0 Å². The quantitative estimate of drug-likeness (QED) is 0.860. The highest BCUT2D eigenvalue weighted by atomic mass is 35.5. The zero-order valence-electron chi connectivity index (χ0n) is 10.1. The maximum atomic E-state index is 11.7. The van der Waals surface area contributed by atoms with Crippen LogP contribution in [0.2, 0.25) is 10.0 Å². The standard InChI is InChI=1S/C13H17Cl2NO/c1-3-9(2)16-8-11(17)7-10-5-4-6-12(14)13(10)15/h4-6,9,16H,3,7-8H2,1-2H3. The molecule has 0 aliphatic rings. The highest BCUT2D eigenvalue weighted by Crippen LogP contribution is 2.25. The molecule has 1 atom stereocenters. The molecule has 0 heterocycles. The van der Waals surface area contributed by atoms with Crippen molar-refractivity contribution >= 4 is 29.0 Å². The Kier molecular flexibility index (Phi) is 5.96. The zero-order valence-corrected chi connectivity index (χ0v) is 11.6. The Hall–Kier alpha value is -0.570. The Bertz CT molecular complexity index is 393. The molecule has 94 valence electrons. The molecule has 0 spiro atoms. The number of carbonyl (C=O) groups excluding carboxylic acids is 1. The molecule has 0 aromatic heterocycles. The first kappa shape index (κ1) is 14.5. The Balaban J connectivity index is 2.54. The van der Waals surface area contributed by atoms with Gasteiger partial charge in [-0.05, 0) is 25.0 Å². The average Bonchev–Trinajstić information content (AvgIpc) is 2.32. The van der Waals surface area contributed by atoms with Crippen LogP contribution in [0, 0.1) is 0 Å². The largest absolute Gasteiger partial charge is 0.307 e. The molecule has 0 amide bonds. The van der Waals surface area contributed by atoms with E-state index in [0.717, 1.165) is 12.0 Å². The van der Waals surface area contributed by atoms with E-state index in [-0.39, 0.29) is 5.78 Å². The van der Waals surface area contributed by atoms with E-state index in [1.807, 2.05) is 6.07 Å². The lowest BCUT2D eigenvalue weighted by atomic mass is 10.1. The fourth-order valence-electron chi connectivity index (χ4n) is 1.39. The van der Waals surface area contributed by atoms with Gasteiger partial charge in [-0.15, -0.1) is 0 Å². The zero-order chi connectivity index (χ0) is 12.8. The van der Waals surface area contributed by atoms with Gasteiger partial charge in [0, 0.05) is 12.5 Å². The van der Waals surface area contributed by atoms with Crippen molar-refractivity contribution in [2.45, 2.75) is 32.7 Å². The van der Waals surface area contributed by atoms with Crippen LogP contribution in [0.25, 0.3) is 0 Å². The van der Waals surface area contributed by atoms with Crippen molar-refractivity contribution in [3.05, 3.63) is 33.8 Å². The maximum absolute atomic E-state index is 11.7. The third kappa shape index (κ3) is 4.66. The summed E-state index contributed by atoms with van der Waals surface area (Å²) >= 11 is 11.9. The average molecular weight is 274 g/mol. The van der Waals surface area contributed by atoms with Crippen LogP contribution in [-0.4, -0.2) is 18.4 Å². The van der Waals surface area contributed by atoms with E-state index in [9.17, 15) is 4.79 Å². The minimum atomic E-state index is 0.120. The number of rotatable bonds is 6. The molecule has 1 aromatic carbocycles. The second-order valence-corrected chi connectivity index (χ2v) is 4.90. The lowest BCUT2D eigenvalue weighted by Crippen LogP contribution is -2.31. The highest BCUT2D eigenvalue weighted by Gasteiger charge is 2.10. The number of benzene rings is 1. The van der Waals surface area contributed by atoms with Crippen LogP contribution in [0.15, 0.2) is 18.2 Å². The summed E-state index contributed by atoms with van der Waals surface area (Å²) in [6.07, 6.45) is 1.33. The molecule has 1 aromatic rings. The number of hydrogen-bond acceptors (Lipinski definition) is 2. The van der Waals surface area contributed by atoms with Gasteiger partial charge < -0.3 is 5.32 Å². The maximum Gasteiger partial charge on any atom is 0.151 e. The summed E-state index contributed by atoms with van der Waals surface area (Å²) in [5, 5.41) is 4.13. The van der Waals surface area contributed by atoms with Gasteiger partial charge in [0.15, 0.2) is 5.78 Å². The lowest BCUT2D eigenvalue weighted by molar-refractivity contribution is -0.117. The molecule has 0 saturated heterocycles. The Labute approximate surface area is 112 Å². The molecular weight excluding hydrogens is 257 g/mol. The van der Waals surface area contributed by atoms with Crippen molar-refractivity contribution in [2.24, 2.45) is 0 Å². The number of halogens is 2. The first-order valence-corrected chi connectivity index (χ1v) is 6.48. The molecule has 1 unspecified atom stereocenters. The number of hydrogen-bond donors (Lipinski definition) is 1. The monoisotopic (exact) mass is 273 g/mol. The Morgan fingerprint density at radius 3 is 2.76 bits per heavy atom. The topological polar surface area (TPSA) is 29.1 Å². The number of ketones is 1. The smallest absolute Gasteiger partial charge is 0.151 e. The number of nitrogens with one attached hydrogen (secondary N) is 1. The molecule has 2 nitrogen and oxygen atoms in total. The lowest BCUT2D eigenvalue weighted by Gasteiger charge is -2.10. The van der Waals surface area contributed by atoms with Gasteiger partial charge in [-0.2, -0.15) is 0 Å². The van der Waals surface area contributed by atoms with Crippen LogP contribution < -0.4 is 5.32 Å². The van der Waals surface area contributed by atoms with Crippen LogP contribution in [-0.2, 0) is 11.2 Å². The van der Waals surface area contributed by atoms with Crippen LogP contribution in [0.1, 0.15) is 25.8 Å². The van der Waals surface area contributed by atoms with Crippen molar-refractivity contribution in [1.29, 1.82) is 0 Å². The molecule has 1 rings (SSSR count). The van der Waals surface area contributed by atoms with Crippen LogP contribution in [0.4, 0.5) is 0 Å². The Morgan fingerprint density at radius 2 is 2.12 bits per heavy atom. The van der Waals surface area contributed by atoms with E-state index >= 15 is 0 Å². The summed E-state index contributed by atoms with van der Waals surface area (Å²) in [6, 6.07) is 5.71. The van der Waals surface area contributed by atoms with Crippen molar-refractivity contribution in [1.82, 2.24) is 5.32 Å². The third-order valence-corrected chi connectivity index (χ3v) is 3.54. The van der Waals surface area contributed by atoms with Gasteiger partial charge in [-0.25, -0.2) is 0 Å². The van der Waals surface area contributed by atoms with Gasteiger partial charge in [0.05, 0.1) is 16.6 Å². The number of Topliss-reactive ketones (excluding diaryl/α,β-unsaturated/α-hetero) is 1. The second-order valence-electron chi connectivity index (χ2n) is 4.12. The summed E-state index contributed by atoms with van der Waals surface area (Å²) in [7, 11) is 0. The first-order valence-electron chi connectivity index (χ1n) is 5.72. The van der Waals surface area contributed by atoms with E-state index in [2.05, 4.69) is 19.2 Å². The molecule has 1 N–H and O–H groups in total. The minimum Gasteiger partial charge on any atom is -0.307 e. The molecule has 4 heteroatoms. The molecule has 0 saturated carbocycles.